The van der Waals surface area contributed by atoms with E-state index in [0.29, 0.717) is 10.7 Å². The van der Waals surface area contributed by atoms with Gasteiger partial charge in [-0.3, -0.25) is 14.9 Å². The number of aryl methyl sites for hydroxylation is 3. The first kappa shape index (κ1) is 22.2. The van der Waals surface area contributed by atoms with Crippen molar-refractivity contribution < 1.29 is 9.72 Å². The molecule has 0 aliphatic carbocycles. The summed E-state index contributed by atoms with van der Waals surface area (Å²) in [6.45, 7) is 7.67. The fourth-order valence-corrected chi connectivity index (χ4v) is 3.72. The van der Waals surface area contributed by atoms with Crippen LogP contribution < -0.4 is 5.43 Å². The molecule has 0 aliphatic rings. The van der Waals surface area contributed by atoms with Gasteiger partial charge in [0, 0.05) is 28.0 Å². The highest BCUT2D eigenvalue weighted by Crippen LogP contribution is 2.30. The summed E-state index contributed by atoms with van der Waals surface area (Å²) in [6.07, 6.45) is 1.78. The number of carbonyl (C=O) groups is 1. The summed E-state index contributed by atoms with van der Waals surface area (Å²) < 4.78 is 1.77. The zero-order valence-electron chi connectivity index (χ0n) is 17.8. The number of nitro benzene ring substituents is 1. The minimum absolute atomic E-state index is 0.0837. The first-order valence-corrected chi connectivity index (χ1v) is 10.1. The second-order valence-electron chi connectivity index (χ2n) is 7.45. The van der Waals surface area contributed by atoms with Gasteiger partial charge in [0.25, 0.3) is 5.69 Å². The largest absolute Gasteiger partial charge is 0.312 e. The van der Waals surface area contributed by atoms with E-state index >= 15 is 0 Å². The number of benzene rings is 2. The number of amides is 1. The van der Waals surface area contributed by atoms with Gasteiger partial charge in [0.15, 0.2) is 0 Å². The average molecular weight is 439 g/mol. The number of carbonyl (C=O) groups excluding carboxylic acids is 1. The number of nitrogens with one attached hydrogen (secondary N) is 1. The van der Waals surface area contributed by atoms with Gasteiger partial charge in [0.2, 0.25) is 5.91 Å². The van der Waals surface area contributed by atoms with Crippen molar-refractivity contribution in [3.8, 4) is 5.69 Å². The molecule has 8 heteroatoms. The van der Waals surface area contributed by atoms with E-state index in [1.807, 2.05) is 52.0 Å². The molecule has 0 aliphatic heterocycles. The lowest BCUT2D eigenvalue weighted by atomic mass is 10.0. The fourth-order valence-electron chi connectivity index (χ4n) is 3.55. The minimum Gasteiger partial charge on any atom is -0.312 e. The molecule has 1 N–H and O–H groups in total. The normalized spacial score (nSPS) is 11.1. The highest BCUT2D eigenvalue weighted by molar-refractivity contribution is 6.30. The molecule has 0 atom stereocenters. The van der Waals surface area contributed by atoms with E-state index in [9.17, 15) is 14.9 Å². The number of nitrogens with zero attached hydrogens (tertiary/aromatic N) is 3. The number of hydrazone groups is 1. The van der Waals surface area contributed by atoms with Crippen LogP contribution >= 0.6 is 11.6 Å². The van der Waals surface area contributed by atoms with Crippen molar-refractivity contribution in [2.45, 2.75) is 34.1 Å². The monoisotopic (exact) mass is 438 g/mol. The first-order valence-electron chi connectivity index (χ1n) is 9.68. The lowest BCUT2D eigenvalue weighted by molar-refractivity contribution is -0.384. The Morgan fingerprint density at radius 2 is 1.90 bits per heavy atom. The molecular formula is C23H23ClN4O3. The molecule has 1 heterocycles. The van der Waals surface area contributed by atoms with Crippen LogP contribution in [-0.4, -0.2) is 21.6 Å². The summed E-state index contributed by atoms with van der Waals surface area (Å²) in [5.74, 6) is -0.217. The molecule has 1 aromatic heterocycles. The minimum atomic E-state index is -0.457. The van der Waals surface area contributed by atoms with Crippen LogP contribution in [0.15, 0.2) is 47.6 Å². The number of halogens is 1. The Kier molecular flexibility index (Phi) is 6.56. The molecule has 1 amide bonds. The summed E-state index contributed by atoms with van der Waals surface area (Å²) in [5.41, 5.74) is 8.35. The molecule has 0 spiro atoms. The maximum Gasteiger partial charge on any atom is 0.294 e. The lowest BCUT2D eigenvalue weighted by Gasteiger charge is -2.10. The molecule has 0 saturated heterocycles. The SMILES string of the molecule is Cc1ccc(CC(=O)N/N=C\c2cc(C)n(-c3ccc(Cl)cc3[N+](=O)[O-])c2C)c(C)c1. The van der Waals surface area contributed by atoms with Crippen LogP contribution in [0.5, 0.6) is 0 Å². The second-order valence-corrected chi connectivity index (χ2v) is 7.89. The Balaban J connectivity index is 1.79. The number of nitro groups is 1. The number of rotatable bonds is 6. The Morgan fingerprint density at radius 3 is 2.58 bits per heavy atom. The van der Waals surface area contributed by atoms with Crippen LogP contribution in [-0.2, 0) is 11.2 Å². The molecule has 0 bridgehead atoms. The van der Waals surface area contributed by atoms with Crippen LogP contribution in [0.4, 0.5) is 5.69 Å². The van der Waals surface area contributed by atoms with Crippen LogP contribution in [0.3, 0.4) is 0 Å². The second kappa shape index (κ2) is 9.14. The van der Waals surface area contributed by atoms with Gasteiger partial charge in [-0.25, -0.2) is 5.43 Å². The van der Waals surface area contributed by atoms with Gasteiger partial charge in [-0.1, -0.05) is 35.4 Å². The van der Waals surface area contributed by atoms with Crippen molar-refractivity contribution in [1.29, 1.82) is 0 Å². The van der Waals surface area contributed by atoms with Gasteiger partial charge in [0.1, 0.15) is 5.69 Å². The number of hydrogen-bond acceptors (Lipinski definition) is 4. The van der Waals surface area contributed by atoms with Crippen molar-refractivity contribution >= 4 is 29.4 Å². The van der Waals surface area contributed by atoms with Crippen LogP contribution in [0.2, 0.25) is 5.02 Å². The highest BCUT2D eigenvalue weighted by atomic mass is 35.5. The Bertz CT molecular complexity index is 1200. The third-order valence-corrected chi connectivity index (χ3v) is 5.32. The quantitative estimate of drug-likeness (QED) is 0.335. The Labute approximate surface area is 185 Å². The third kappa shape index (κ3) is 5.00. The number of hydrogen-bond donors (Lipinski definition) is 1. The lowest BCUT2D eigenvalue weighted by Crippen LogP contribution is -2.20. The van der Waals surface area contributed by atoms with E-state index < -0.39 is 4.92 Å². The number of aromatic nitrogens is 1. The predicted molar refractivity (Wildman–Crippen MR) is 122 cm³/mol. The molecule has 0 saturated carbocycles. The topological polar surface area (TPSA) is 89.5 Å². The van der Waals surface area contributed by atoms with Crippen LogP contribution in [0.25, 0.3) is 5.69 Å². The Hall–Kier alpha value is -3.45. The van der Waals surface area contributed by atoms with Gasteiger partial charge in [-0.05, 0) is 57.0 Å². The van der Waals surface area contributed by atoms with Crippen molar-refractivity contribution in [2.75, 3.05) is 0 Å². The standard InChI is InChI=1S/C23H23ClN4O3/c1-14-5-6-18(15(2)9-14)11-23(29)26-25-13-19-10-16(3)27(17(19)4)21-8-7-20(24)12-22(21)28(30)31/h5-10,12-13H,11H2,1-4H3,(H,26,29)/b25-13-. The maximum atomic E-state index is 12.3. The molecule has 3 aromatic rings. The molecule has 0 unspecified atom stereocenters. The van der Waals surface area contributed by atoms with Gasteiger partial charge in [-0.15, -0.1) is 0 Å². The molecule has 7 nitrogen and oxygen atoms in total. The van der Waals surface area contributed by atoms with Crippen LogP contribution in [0.1, 0.15) is 33.6 Å². The van der Waals surface area contributed by atoms with E-state index in [1.165, 1.54) is 6.07 Å². The van der Waals surface area contributed by atoms with Crippen molar-refractivity contribution in [1.82, 2.24) is 9.99 Å². The summed E-state index contributed by atoms with van der Waals surface area (Å²) in [6, 6.07) is 12.4. The Morgan fingerprint density at radius 1 is 1.16 bits per heavy atom. The van der Waals surface area contributed by atoms with Crippen LogP contribution in [0, 0.1) is 37.8 Å². The van der Waals surface area contributed by atoms with Crippen molar-refractivity contribution in [3.05, 3.63) is 91.2 Å². The third-order valence-electron chi connectivity index (χ3n) is 5.09. The summed E-state index contributed by atoms with van der Waals surface area (Å²) in [5, 5.41) is 15.8. The van der Waals surface area contributed by atoms with Gasteiger partial charge >= 0.3 is 0 Å². The summed E-state index contributed by atoms with van der Waals surface area (Å²) in [4.78, 5) is 23.3. The highest BCUT2D eigenvalue weighted by Gasteiger charge is 2.20. The smallest absolute Gasteiger partial charge is 0.294 e. The van der Waals surface area contributed by atoms with E-state index in [2.05, 4.69) is 10.5 Å². The molecule has 3 rings (SSSR count). The van der Waals surface area contributed by atoms with E-state index in [4.69, 9.17) is 11.6 Å². The van der Waals surface area contributed by atoms with Gasteiger partial charge < -0.3 is 4.57 Å². The summed E-state index contributed by atoms with van der Waals surface area (Å²) in [7, 11) is 0. The van der Waals surface area contributed by atoms with E-state index in [-0.39, 0.29) is 18.0 Å². The molecular weight excluding hydrogens is 416 g/mol. The van der Waals surface area contributed by atoms with Crippen molar-refractivity contribution in [3.63, 3.8) is 0 Å². The molecule has 2 aromatic carbocycles. The molecule has 0 fully saturated rings. The predicted octanol–water partition coefficient (Wildman–Crippen LogP) is 4.97. The van der Waals surface area contributed by atoms with Crippen molar-refractivity contribution in [2.24, 2.45) is 5.10 Å². The first-order chi connectivity index (χ1) is 14.7. The maximum absolute atomic E-state index is 12.3. The summed E-state index contributed by atoms with van der Waals surface area (Å²) >= 11 is 5.93. The van der Waals surface area contributed by atoms with E-state index in [0.717, 1.165) is 33.6 Å². The molecule has 0 radical (unpaired) electrons. The molecule has 160 valence electrons. The fraction of sp³-hybridized carbons (Fsp3) is 0.217. The zero-order valence-corrected chi connectivity index (χ0v) is 18.5. The molecule has 31 heavy (non-hydrogen) atoms. The van der Waals surface area contributed by atoms with Gasteiger partial charge in [0.05, 0.1) is 17.6 Å². The average Bonchev–Trinajstić information content (AvgIpc) is 2.97. The van der Waals surface area contributed by atoms with E-state index in [1.54, 1.807) is 22.9 Å². The zero-order chi connectivity index (χ0) is 22.7. The van der Waals surface area contributed by atoms with Gasteiger partial charge in [-0.2, -0.15) is 5.10 Å².